The van der Waals surface area contributed by atoms with Gasteiger partial charge in [-0.3, -0.25) is 14.8 Å². The van der Waals surface area contributed by atoms with E-state index in [1.165, 1.54) is 0 Å². The van der Waals surface area contributed by atoms with Crippen molar-refractivity contribution >= 4 is 18.0 Å². The Morgan fingerprint density at radius 1 is 0.860 bits per heavy atom. The van der Waals surface area contributed by atoms with E-state index in [-0.39, 0.29) is 36.9 Å². The third kappa shape index (κ3) is 4.94. The molecular formula is C35H35N2O6-. The molecule has 7 unspecified atom stereocenters. The Bertz CT molecular complexity index is 1480. The number of carbonyl (C=O) groups excluding carboxylic acids is 3. The number of ether oxygens (including phenoxy) is 2. The summed E-state index contributed by atoms with van der Waals surface area (Å²) in [4.78, 5) is 41.2. The first kappa shape index (κ1) is 28.8. The van der Waals surface area contributed by atoms with Crippen molar-refractivity contribution < 1.29 is 23.9 Å². The number of hydrogen-bond donors (Lipinski definition) is 0. The lowest BCUT2D eigenvalue weighted by Gasteiger charge is -2.59. The van der Waals surface area contributed by atoms with Crippen LogP contribution in [0, 0.1) is 46.1 Å². The summed E-state index contributed by atoms with van der Waals surface area (Å²) < 4.78 is 11.3. The predicted molar refractivity (Wildman–Crippen MR) is 160 cm³/mol. The molecule has 2 bridgehead atoms. The first-order valence-corrected chi connectivity index (χ1v) is 14.8. The molecular weight excluding hydrogens is 544 g/mol. The minimum atomic E-state index is -1.00. The van der Waals surface area contributed by atoms with E-state index in [4.69, 9.17) is 9.47 Å². The van der Waals surface area contributed by atoms with Crippen LogP contribution in [0.3, 0.4) is 0 Å². The van der Waals surface area contributed by atoms with Crippen LogP contribution in [0.25, 0.3) is 0 Å². The molecule has 8 nitrogen and oxygen atoms in total. The smallest absolute Gasteiger partial charge is 0.431 e. The molecule has 2 amide bonds. The summed E-state index contributed by atoms with van der Waals surface area (Å²) in [5.74, 6) is -3.89. The number of carbonyl (C=O) groups is 3. The molecule has 4 aliphatic rings. The van der Waals surface area contributed by atoms with Crippen LogP contribution in [-0.4, -0.2) is 34.2 Å². The number of hydrazine groups is 1. The normalized spacial score (nSPS) is 33.0. The first-order valence-electron chi connectivity index (χ1n) is 14.8. The lowest BCUT2D eigenvalue weighted by Crippen LogP contribution is -2.61. The van der Waals surface area contributed by atoms with Crippen LogP contribution in [0.4, 0.5) is 4.79 Å². The van der Waals surface area contributed by atoms with Crippen molar-refractivity contribution in [1.29, 1.82) is 0 Å². The highest BCUT2D eigenvalue weighted by Gasteiger charge is 2.66. The standard InChI is InChI=1S/C35H35N2O6/c1-23-13-9-10-18-28-30-31(37(41)36(32(30)38)34(40)43-22-26-16-7-4-8-17-26)29(23)27-19-11-12-20-35(27,28)24(2)33(39)42-21-25-14-5-3-6-15-25/h3-20,23-24,27-31H,21-22H2,1-2H3/q-1/b13-9-,18-10-/t23?,24?,27?,28-,29?,30?,31?,35?/m0/s1. The van der Waals surface area contributed by atoms with E-state index >= 15 is 0 Å². The summed E-state index contributed by atoms with van der Waals surface area (Å²) in [7, 11) is 0. The van der Waals surface area contributed by atoms with Crippen LogP contribution in [-0.2, 0) is 32.3 Å². The van der Waals surface area contributed by atoms with Gasteiger partial charge in [0, 0.05) is 17.4 Å². The molecule has 3 aliphatic carbocycles. The van der Waals surface area contributed by atoms with Crippen molar-refractivity contribution in [3.63, 3.8) is 0 Å². The molecule has 0 radical (unpaired) electrons. The number of esters is 1. The van der Waals surface area contributed by atoms with E-state index in [2.05, 4.69) is 0 Å². The number of nitrogens with zero attached hydrogens (tertiary/aromatic N) is 2. The van der Waals surface area contributed by atoms with Crippen molar-refractivity contribution in [1.82, 2.24) is 10.2 Å². The van der Waals surface area contributed by atoms with Crippen molar-refractivity contribution in [3.8, 4) is 0 Å². The molecule has 1 heterocycles. The Morgan fingerprint density at radius 3 is 2.12 bits per heavy atom. The largest absolute Gasteiger partial charge is 0.766 e. The van der Waals surface area contributed by atoms with Crippen LogP contribution in [0.1, 0.15) is 25.0 Å². The van der Waals surface area contributed by atoms with Crippen molar-refractivity contribution in [2.24, 2.45) is 40.9 Å². The van der Waals surface area contributed by atoms with E-state index in [0.717, 1.165) is 11.1 Å². The molecule has 1 saturated heterocycles. The molecule has 2 aromatic carbocycles. The van der Waals surface area contributed by atoms with E-state index < -0.39 is 41.2 Å². The zero-order valence-corrected chi connectivity index (χ0v) is 24.2. The average Bonchev–Trinajstić information content (AvgIpc) is 3.35. The van der Waals surface area contributed by atoms with E-state index in [0.29, 0.717) is 10.2 Å². The minimum absolute atomic E-state index is 0.0686. The minimum Gasteiger partial charge on any atom is -0.766 e. The molecule has 6 rings (SSSR count). The van der Waals surface area contributed by atoms with Crippen LogP contribution >= 0.6 is 0 Å². The predicted octanol–water partition coefficient (Wildman–Crippen LogP) is 5.98. The van der Waals surface area contributed by atoms with Gasteiger partial charge in [0.25, 0.3) is 5.91 Å². The number of amides is 2. The molecule has 43 heavy (non-hydrogen) atoms. The summed E-state index contributed by atoms with van der Waals surface area (Å²) in [6.45, 7) is 3.92. The van der Waals surface area contributed by atoms with Crippen LogP contribution in [0.15, 0.2) is 109 Å². The zero-order chi connectivity index (χ0) is 30.1. The third-order valence-electron chi connectivity index (χ3n) is 9.64. The second kappa shape index (κ2) is 11.8. The van der Waals surface area contributed by atoms with Gasteiger partial charge in [-0.15, -0.1) is 0 Å². The van der Waals surface area contributed by atoms with Gasteiger partial charge in [0.1, 0.15) is 13.2 Å². The van der Waals surface area contributed by atoms with Crippen LogP contribution < -0.4 is 0 Å². The summed E-state index contributed by atoms with van der Waals surface area (Å²) in [6, 6.07) is 17.8. The molecule has 0 aromatic heterocycles. The lowest BCUT2D eigenvalue weighted by atomic mass is 9.45. The highest BCUT2D eigenvalue weighted by atomic mass is 16.6. The second-order valence-electron chi connectivity index (χ2n) is 11.8. The van der Waals surface area contributed by atoms with Gasteiger partial charge in [0.2, 0.25) is 0 Å². The van der Waals surface area contributed by atoms with Crippen molar-refractivity contribution in [2.75, 3.05) is 0 Å². The molecule has 1 aliphatic heterocycles. The van der Waals surface area contributed by atoms with Gasteiger partial charge < -0.3 is 14.7 Å². The summed E-state index contributed by atoms with van der Waals surface area (Å²) in [5.41, 5.74) is 0.751. The van der Waals surface area contributed by atoms with Gasteiger partial charge in [-0.1, -0.05) is 123 Å². The van der Waals surface area contributed by atoms with Gasteiger partial charge in [-0.05, 0) is 28.9 Å². The number of fused-ring (bicyclic) bond motifs is 3. The SMILES string of the molecule is CC1/C=C\C=C/[C@H]2C3C(=O)N(C(=O)OCc4ccccc4)N([O-])C3C1C1C=CC=CC12C(C)C(=O)OCc1ccccc1. The maximum absolute atomic E-state index is 14.2. The molecule has 2 aromatic rings. The van der Waals surface area contributed by atoms with Crippen LogP contribution in [0.5, 0.6) is 0 Å². The molecule has 8 atom stereocenters. The highest BCUT2D eigenvalue weighted by Crippen LogP contribution is 2.63. The first-order chi connectivity index (χ1) is 20.8. The molecule has 1 saturated carbocycles. The molecule has 2 fully saturated rings. The molecule has 8 heteroatoms. The van der Waals surface area contributed by atoms with Gasteiger partial charge in [0.15, 0.2) is 0 Å². The molecule has 222 valence electrons. The van der Waals surface area contributed by atoms with E-state index in [1.807, 2.05) is 111 Å². The monoisotopic (exact) mass is 579 g/mol. The maximum atomic E-state index is 14.2. The Labute approximate surface area is 251 Å². The average molecular weight is 580 g/mol. The van der Waals surface area contributed by atoms with Gasteiger partial charge in [-0.25, -0.2) is 4.79 Å². The Hall–Kier alpha value is -4.27. The summed E-state index contributed by atoms with van der Waals surface area (Å²) in [6.07, 6.45) is 14.7. The van der Waals surface area contributed by atoms with E-state index in [1.54, 1.807) is 12.1 Å². The third-order valence-corrected chi connectivity index (χ3v) is 9.64. The fraction of sp³-hybridized carbons (Fsp3) is 0.343. The Kier molecular flexibility index (Phi) is 7.90. The molecule has 0 spiro atoms. The fourth-order valence-electron chi connectivity index (χ4n) is 7.62. The lowest BCUT2D eigenvalue weighted by molar-refractivity contribution is -0.161. The van der Waals surface area contributed by atoms with Crippen molar-refractivity contribution in [2.45, 2.75) is 33.1 Å². The topological polar surface area (TPSA) is 99.2 Å². The van der Waals surface area contributed by atoms with Crippen LogP contribution in [0.2, 0.25) is 0 Å². The molecule has 0 N–H and O–H groups in total. The zero-order valence-electron chi connectivity index (χ0n) is 24.2. The Morgan fingerprint density at radius 2 is 1.44 bits per heavy atom. The number of allylic oxidation sites excluding steroid dienone is 8. The highest BCUT2D eigenvalue weighted by molar-refractivity contribution is 5.95. The van der Waals surface area contributed by atoms with Gasteiger partial charge in [-0.2, -0.15) is 5.01 Å². The maximum Gasteiger partial charge on any atom is 0.431 e. The van der Waals surface area contributed by atoms with Gasteiger partial charge >= 0.3 is 12.1 Å². The number of hydroxylamine groups is 1. The quantitative estimate of drug-likeness (QED) is 0.388. The Balaban J connectivity index is 1.36. The number of benzene rings is 2. The second-order valence-corrected chi connectivity index (χ2v) is 11.8. The number of hydrogen-bond acceptors (Lipinski definition) is 7. The number of rotatable bonds is 6. The van der Waals surface area contributed by atoms with Crippen molar-refractivity contribution in [3.05, 3.63) is 126 Å². The van der Waals surface area contributed by atoms with Gasteiger partial charge in [0.05, 0.1) is 11.8 Å². The summed E-state index contributed by atoms with van der Waals surface area (Å²) in [5, 5.41) is 15.2. The number of imide groups is 1. The summed E-state index contributed by atoms with van der Waals surface area (Å²) >= 11 is 0. The fourth-order valence-corrected chi connectivity index (χ4v) is 7.62. The van der Waals surface area contributed by atoms with E-state index in [9.17, 15) is 19.6 Å².